The largest absolute Gasteiger partial charge is 0.468 e. The van der Waals surface area contributed by atoms with E-state index in [2.05, 4.69) is 39.3 Å². The van der Waals surface area contributed by atoms with Crippen LogP contribution in [0.1, 0.15) is 25.3 Å². The fraction of sp³-hybridized carbons (Fsp3) is 0.429. The number of hydrogen-bond acceptors (Lipinski definition) is 5. The molecule has 106 valence electrons. The minimum Gasteiger partial charge on any atom is -0.468 e. The molecule has 1 aromatic heterocycles. The lowest BCUT2D eigenvalue weighted by molar-refractivity contribution is -0.141. The van der Waals surface area contributed by atoms with Crippen LogP contribution in [-0.2, 0) is 22.5 Å². The molecule has 0 N–H and O–H groups in total. The van der Waals surface area contributed by atoms with Crippen LogP contribution in [0, 0.1) is 0 Å². The van der Waals surface area contributed by atoms with E-state index in [0.717, 1.165) is 12.0 Å². The summed E-state index contributed by atoms with van der Waals surface area (Å²) in [5.74, 6) is 0.190. The van der Waals surface area contributed by atoms with Crippen LogP contribution in [0.3, 0.4) is 0 Å². The summed E-state index contributed by atoms with van der Waals surface area (Å²) in [5.41, 5.74) is 2.18. The third kappa shape index (κ3) is 3.40. The Labute approximate surface area is 117 Å². The van der Waals surface area contributed by atoms with Crippen LogP contribution in [0.15, 0.2) is 24.3 Å². The van der Waals surface area contributed by atoms with Gasteiger partial charge < -0.3 is 4.74 Å². The summed E-state index contributed by atoms with van der Waals surface area (Å²) in [6.45, 7) is 2.19. The first kappa shape index (κ1) is 14.2. The molecule has 0 aliphatic heterocycles. The molecule has 2 rings (SSSR count). The quantitative estimate of drug-likeness (QED) is 0.752. The first-order valence-corrected chi connectivity index (χ1v) is 6.67. The Morgan fingerprint density at radius 3 is 2.70 bits per heavy atom. The highest BCUT2D eigenvalue weighted by Gasteiger charge is 2.12. The van der Waals surface area contributed by atoms with Gasteiger partial charge in [-0.2, -0.15) is 0 Å². The molecule has 0 fully saturated rings. The van der Waals surface area contributed by atoms with E-state index in [1.165, 1.54) is 30.2 Å². The number of carbonyl (C=O) groups is 1. The molecule has 0 saturated heterocycles. The van der Waals surface area contributed by atoms with Crippen molar-refractivity contribution in [3.63, 3.8) is 0 Å². The van der Waals surface area contributed by atoms with E-state index in [1.54, 1.807) is 0 Å². The van der Waals surface area contributed by atoms with Crippen molar-refractivity contribution in [3.05, 3.63) is 29.8 Å². The van der Waals surface area contributed by atoms with Crippen molar-refractivity contribution in [2.75, 3.05) is 7.11 Å². The van der Waals surface area contributed by atoms with Crippen LogP contribution in [0.5, 0.6) is 0 Å². The molecule has 0 radical (unpaired) electrons. The normalized spacial score (nSPS) is 10.5. The SMILES string of the molecule is CCCCc1ccc(-c2nnnn2CC(=O)OC)cc1. The van der Waals surface area contributed by atoms with Crippen LogP contribution in [-0.4, -0.2) is 33.3 Å². The standard InChI is InChI=1S/C14H18N4O2/c1-3-4-5-11-6-8-12(9-7-11)14-15-16-17-18(14)10-13(19)20-2/h6-9H,3-5,10H2,1-2H3. The van der Waals surface area contributed by atoms with E-state index in [-0.39, 0.29) is 12.5 Å². The van der Waals surface area contributed by atoms with Crippen LogP contribution < -0.4 is 0 Å². The van der Waals surface area contributed by atoms with E-state index in [0.29, 0.717) is 5.82 Å². The number of aromatic nitrogens is 4. The van der Waals surface area contributed by atoms with Crippen molar-refractivity contribution < 1.29 is 9.53 Å². The molecule has 0 saturated carbocycles. The third-order valence-electron chi connectivity index (χ3n) is 3.07. The monoisotopic (exact) mass is 274 g/mol. The number of nitrogens with zero attached hydrogens (tertiary/aromatic N) is 4. The highest BCUT2D eigenvalue weighted by molar-refractivity contribution is 5.69. The molecule has 0 aliphatic carbocycles. The van der Waals surface area contributed by atoms with Crippen molar-refractivity contribution >= 4 is 5.97 Å². The first-order chi connectivity index (χ1) is 9.74. The minimum atomic E-state index is -0.377. The van der Waals surface area contributed by atoms with E-state index >= 15 is 0 Å². The summed E-state index contributed by atoms with van der Waals surface area (Å²) in [4.78, 5) is 11.3. The molecule has 20 heavy (non-hydrogen) atoms. The number of benzene rings is 1. The molecule has 0 amide bonds. The van der Waals surface area contributed by atoms with E-state index in [1.807, 2.05) is 12.1 Å². The number of tetrazole rings is 1. The molecule has 0 unspecified atom stereocenters. The van der Waals surface area contributed by atoms with Gasteiger partial charge in [0.15, 0.2) is 5.82 Å². The van der Waals surface area contributed by atoms with Gasteiger partial charge in [0, 0.05) is 5.56 Å². The predicted molar refractivity (Wildman–Crippen MR) is 73.9 cm³/mol. The van der Waals surface area contributed by atoms with Crippen molar-refractivity contribution in [1.82, 2.24) is 20.2 Å². The summed E-state index contributed by atoms with van der Waals surface area (Å²) >= 11 is 0. The molecule has 0 spiro atoms. The summed E-state index contributed by atoms with van der Waals surface area (Å²) < 4.78 is 6.06. The first-order valence-electron chi connectivity index (χ1n) is 6.67. The Morgan fingerprint density at radius 2 is 2.05 bits per heavy atom. The van der Waals surface area contributed by atoms with Gasteiger partial charge in [0.05, 0.1) is 7.11 Å². The Morgan fingerprint density at radius 1 is 1.30 bits per heavy atom. The fourth-order valence-corrected chi connectivity index (χ4v) is 1.91. The number of rotatable bonds is 6. The number of unbranched alkanes of at least 4 members (excludes halogenated alkanes) is 1. The summed E-state index contributed by atoms with van der Waals surface area (Å²) in [5, 5.41) is 11.4. The second-order valence-corrected chi connectivity index (χ2v) is 4.54. The number of ether oxygens (including phenoxy) is 1. The maximum absolute atomic E-state index is 11.3. The molecule has 6 nitrogen and oxygen atoms in total. The van der Waals surface area contributed by atoms with Crippen molar-refractivity contribution in [3.8, 4) is 11.4 Å². The highest BCUT2D eigenvalue weighted by Crippen LogP contribution is 2.17. The van der Waals surface area contributed by atoms with Gasteiger partial charge in [-0.05, 0) is 28.8 Å². The van der Waals surface area contributed by atoms with Gasteiger partial charge in [0.25, 0.3) is 0 Å². The van der Waals surface area contributed by atoms with Gasteiger partial charge in [0.2, 0.25) is 0 Å². The lowest BCUT2D eigenvalue weighted by atomic mass is 10.1. The minimum absolute atomic E-state index is 0.0103. The molecule has 0 aliphatic rings. The number of hydrogen-bond donors (Lipinski definition) is 0. The van der Waals surface area contributed by atoms with Crippen molar-refractivity contribution in [2.45, 2.75) is 32.7 Å². The summed E-state index contributed by atoms with van der Waals surface area (Å²) in [7, 11) is 1.34. The second kappa shape index (κ2) is 6.79. The average Bonchev–Trinajstić information content (AvgIpc) is 2.93. The molecule has 2 aromatic rings. The number of esters is 1. The van der Waals surface area contributed by atoms with E-state index in [4.69, 9.17) is 0 Å². The lowest BCUT2D eigenvalue weighted by Crippen LogP contribution is -2.14. The van der Waals surface area contributed by atoms with Gasteiger partial charge in [-0.25, -0.2) is 4.68 Å². The Hall–Kier alpha value is -2.24. The van der Waals surface area contributed by atoms with Gasteiger partial charge >= 0.3 is 5.97 Å². The van der Waals surface area contributed by atoms with Crippen LogP contribution in [0.4, 0.5) is 0 Å². The van der Waals surface area contributed by atoms with Gasteiger partial charge in [-0.15, -0.1) is 5.10 Å². The smallest absolute Gasteiger partial charge is 0.327 e. The van der Waals surface area contributed by atoms with Gasteiger partial charge in [-0.1, -0.05) is 37.6 Å². The average molecular weight is 274 g/mol. The van der Waals surface area contributed by atoms with Gasteiger partial charge in [0.1, 0.15) is 6.54 Å². The molecular weight excluding hydrogens is 256 g/mol. The third-order valence-corrected chi connectivity index (χ3v) is 3.07. The predicted octanol–water partition coefficient (Wildman–Crippen LogP) is 1.86. The second-order valence-electron chi connectivity index (χ2n) is 4.54. The molecule has 6 heteroatoms. The number of carbonyl (C=O) groups excluding carboxylic acids is 1. The molecule has 0 bridgehead atoms. The zero-order chi connectivity index (χ0) is 14.4. The lowest BCUT2D eigenvalue weighted by Gasteiger charge is -2.05. The molecule has 1 aromatic carbocycles. The van der Waals surface area contributed by atoms with E-state index in [9.17, 15) is 4.79 Å². The van der Waals surface area contributed by atoms with Crippen molar-refractivity contribution in [1.29, 1.82) is 0 Å². The zero-order valence-electron chi connectivity index (χ0n) is 11.7. The fourth-order valence-electron chi connectivity index (χ4n) is 1.91. The molecule has 1 heterocycles. The highest BCUT2D eigenvalue weighted by atomic mass is 16.5. The Kier molecular flexibility index (Phi) is 4.81. The topological polar surface area (TPSA) is 69.9 Å². The van der Waals surface area contributed by atoms with Crippen LogP contribution >= 0.6 is 0 Å². The summed E-state index contributed by atoms with van der Waals surface area (Å²) in [6, 6.07) is 8.10. The van der Waals surface area contributed by atoms with Crippen LogP contribution in [0.25, 0.3) is 11.4 Å². The van der Waals surface area contributed by atoms with Crippen LogP contribution in [0.2, 0.25) is 0 Å². The number of methoxy groups -OCH3 is 1. The molecular formula is C14H18N4O2. The zero-order valence-corrected chi connectivity index (χ0v) is 11.7. The number of aryl methyl sites for hydroxylation is 1. The van der Waals surface area contributed by atoms with Gasteiger partial charge in [-0.3, -0.25) is 4.79 Å². The molecule has 0 atom stereocenters. The van der Waals surface area contributed by atoms with Crippen molar-refractivity contribution in [2.24, 2.45) is 0 Å². The summed E-state index contributed by atoms with van der Waals surface area (Å²) in [6.07, 6.45) is 3.43. The van der Waals surface area contributed by atoms with E-state index < -0.39 is 0 Å². The Balaban J connectivity index is 2.15. The Bertz CT molecular complexity index is 563. The maximum Gasteiger partial charge on any atom is 0.327 e. The maximum atomic E-state index is 11.3.